The predicted molar refractivity (Wildman–Crippen MR) is 36.5 cm³/mol. The number of ether oxygens (including phenoxy) is 1. The molecule has 1 saturated carbocycles. The first-order chi connectivity index (χ1) is 5.24. The van der Waals surface area contributed by atoms with Crippen molar-refractivity contribution >= 4 is 0 Å². The monoisotopic (exact) mass is 161 g/mol. The molecule has 0 saturated heterocycles. The van der Waals surface area contributed by atoms with E-state index in [2.05, 4.69) is 4.84 Å². The van der Waals surface area contributed by atoms with Crippen molar-refractivity contribution in [2.24, 2.45) is 0 Å². The minimum atomic E-state index is -0.748. The molecule has 1 aliphatic rings. The fraction of sp³-hybridized carbons (Fsp3) is 1.00. The minimum absolute atomic E-state index is 0.0969. The highest BCUT2D eigenvalue weighted by Gasteiger charge is 2.29. The Morgan fingerprint density at radius 2 is 2.09 bits per heavy atom. The third-order valence-corrected chi connectivity index (χ3v) is 1.92. The van der Waals surface area contributed by atoms with E-state index in [9.17, 15) is 10.1 Å². The summed E-state index contributed by atoms with van der Waals surface area (Å²) in [6.45, 7) is 0. The van der Waals surface area contributed by atoms with Gasteiger partial charge in [-0.05, 0) is 19.3 Å². The molecule has 0 unspecified atom stereocenters. The molecule has 0 aromatic heterocycles. The molecule has 5 nitrogen and oxygen atoms in total. The van der Waals surface area contributed by atoms with Crippen molar-refractivity contribution in [3.05, 3.63) is 10.1 Å². The highest BCUT2D eigenvalue weighted by Crippen LogP contribution is 2.24. The van der Waals surface area contributed by atoms with Crippen molar-refractivity contribution in [2.75, 3.05) is 7.11 Å². The van der Waals surface area contributed by atoms with Crippen LogP contribution in [0.25, 0.3) is 0 Å². The topological polar surface area (TPSA) is 61.6 Å². The van der Waals surface area contributed by atoms with Crippen molar-refractivity contribution in [3.8, 4) is 0 Å². The Balaban J connectivity index is 2.37. The molecule has 0 aliphatic heterocycles. The van der Waals surface area contributed by atoms with Crippen LogP contribution in [0.4, 0.5) is 0 Å². The minimum Gasteiger partial charge on any atom is -0.379 e. The van der Waals surface area contributed by atoms with Crippen LogP contribution in [-0.4, -0.2) is 24.4 Å². The van der Waals surface area contributed by atoms with Crippen LogP contribution in [0, 0.1) is 10.1 Å². The average molecular weight is 161 g/mol. The molecule has 1 fully saturated rings. The van der Waals surface area contributed by atoms with Crippen LogP contribution in [0.2, 0.25) is 0 Å². The Kier molecular flexibility index (Phi) is 2.64. The Labute approximate surface area is 64.4 Å². The van der Waals surface area contributed by atoms with Crippen LogP contribution in [0.1, 0.15) is 19.3 Å². The first-order valence-electron chi connectivity index (χ1n) is 3.58. The molecule has 1 rings (SSSR count). The summed E-state index contributed by atoms with van der Waals surface area (Å²) in [6.07, 6.45) is 2.07. The lowest BCUT2D eigenvalue weighted by molar-refractivity contribution is -0.770. The molecule has 0 aromatic carbocycles. The SMILES string of the molecule is CO[C@@H]1CCC[C@H]1O[N+](=O)[O-]. The van der Waals surface area contributed by atoms with Gasteiger partial charge in [-0.3, -0.25) is 0 Å². The zero-order valence-corrected chi connectivity index (χ0v) is 6.36. The van der Waals surface area contributed by atoms with E-state index in [1.807, 2.05) is 0 Å². The normalized spacial score (nSPS) is 30.3. The summed E-state index contributed by atoms with van der Waals surface area (Å²) in [5.74, 6) is 0. The first-order valence-corrected chi connectivity index (χ1v) is 3.58. The molecule has 0 heterocycles. The van der Waals surface area contributed by atoms with E-state index >= 15 is 0 Å². The van der Waals surface area contributed by atoms with Gasteiger partial charge in [-0.25, -0.2) is 0 Å². The second-order valence-electron chi connectivity index (χ2n) is 2.57. The third kappa shape index (κ3) is 2.04. The van der Waals surface area contributed by atoms with E-state index in [0.717, 1.165) is 19.3 Å². The van der Waals surface area contributed by atoms with Gasteiger partial charge in [0.1, 0.15) is 6.10 Å². The van der Waals surface area contributed by atoms with Crippen LogP contribution in [-0.2, 0) is 9.57 Å². The number of hydrogen-bond donors (Lipinski definition) is 0. The first kappa shape index (κ1) is 8.26. The third-order valence-electron chi connectivity index (χ3n) is 1.92. The van der Waals surface area contributed by atoms with Gasteiger partial charge in [-0.2, -0.15) is 0 Å². The predicted octanol–water partition coefficient (Wildman–Crippen LogP) is 0.762. The highest BCUT2D eigenvalue weighted by molar-refractivity contribution is 4.77. The fourth-order valence-corrected chi connectivity index (χ4v) is 1.39. The zero-order chi connectivity index (χ0) is 8.27. The Bertz CT molecular complexity index is 150. The Hall–Kier alpha value is -0.840. The van der Waals surface area contributed by atoms with Gasteiger partial charge in [-0.15, -0.1) is 10.1 Å². The maximum atomic E-state index is 9.94. The quantitative estimate of drug-likeness (QED) is 0.453. The van der Waals surface area contributed by atoms with Crippen LogP contribution >= 0.6 is 0 Å². The van der Waals surface area contributed by atoms with Crippen molar-refractivity contribution in [2.45, 2.75) is 31.5 Å². The molecular weight excluding hydrogens is 150 g/mol. The van der Waals surface area contributed by atoms with Gasteiger partial charge in [0.05, 0.1) is 6.10 Å². The summed E-state index contributed by atoms with van der Waals surface area (Å²) < 4.78 is 5.00. The smallest absolute Gasteiger partial charge is 0.294 e. The van der Waals surface area contributed by atoms with Gasteiger partial charge in [0.25, 0.3) is 5.09 Å². The Morgan fingerprint density at radius 3 is 2.64 bits per heavy atom. The van der Waals surface area contributed by atoms with E-state index < -0.39 is 5.09 Å². The summed E-state index contributed by atoms with van der Waals surface area (Å²) in [7, 11) is 1.55. The van der Waals surface area contributed by atoms with Crippen LogP contribution in [0.5, 0.6) is 0 Å². The number of rotatable bonds is 3. The van der Waals surface area contributed by atoms with E-state index in [1.165, 1.54) is 0 Å². The summed E-state index contributed by atoms with van der Waals surface area (Å²) in [5.41, 5.74) is 0. The van der Waals surface area contributed by atoms with Crippen LogP contribution in [0.15, 0.2) is 0 Å². The van der Waals surface area contributed by atoms with Gasteiger partial charge in [0.2, 0.25) is 0 Å². The summed E-state index contributed by atoms with van der Waals surface area (Å²) in [5, 5.41) is 9.20. The second-order valence-corrected chi connectivity index (χ2v) is 2.57. The highest BCUT2D eigenvalue weighted by atomic mass is 17.0. The summed E-state index contributed by atoms with van der Waals surface area (Å²) >= 11 is 0. The maximum absolute atomic E-state index is 9.94. The average Bonchev–Trinajstić information content (AvgIpc) is 2.34. The molecular formula is C6H11NO4. The van der Waals surface area contributed by atoms with Gasteiger partial charge in [0.15, 0.2) is 0 Å². The van der Waals surface area contributed by atoms with Crippen molar-refractivity contribution < 1.29 is 14.7 Å². The zero-order valence-electron chi connectivity index (χ0n) is 6.36. The van der Waals surface area contributed by atoms with E-state index in [0.29, 0.717) is 0 Å². The van der Waals surface area contributed by atoms with Crippen molar-refractivity contribution in [1.29, 1.82) is 0 Å². The number of hydrogen-bond acceptors (Lipinski definition) is 4. The summed E-state index contributed by atoms with van der Waals surface area (Å²) in [4.78, 5) is 14.4. The van der Waals surface area contributed by atoms with E-state index in [-0.39, 0.29) is 12.2 Å². The lowest BCUT2D eigenvalue weighted by Gasteiger charge is -2.14. The number of nitrogens with zero attached hydrogens (tertiary/aromatic N) is 1. The van der Waals surface area contributed by atoms with Gasteiger partial charge in [-0.1, -0.05) is 0 Å². The van der Waals surface area contributed by atoms with Crippen LogP contribution in [0.3, 0.4) is 0 Å². The second kappa shape index (κ2) is 3.52. The van der Waals surface area contributed by atoms with E-state index in [4.69, 9.17) is 4.74 Å². The summed E-state index contributed by atoms with van der Waals surface area (Å²) in [6, 6.07) is 0. The molecule has 0 bridgehead atoms. The lowest BCUT2D eigenvalue weighted by Crippen LogP contribution is -2.27. The molecule has 0 aromatic rings. The molecule has 0 radical (unpaired) electrons. The van der Waals surface area contributed by atoms with Crippen molar-refractivity contribution in [1.82, 2.24) is 0 Å². The maximum Gasteiger partial charge on any atom is 0.294 e. The largest absolute Gasteiger partial charge is 0.379 e. The van der Waals surface area contributed by atoms with Gasteiger partial charge >= 0.3 is 0 Å². The lowest BCUT2D eigenvalue weighted by atomic mass is 10.3. The van der Waals surface area contributed by atoms with Gasteiger partial charge in [0, 0.05) is 7.11 Å². The molecule has 1 aliphatic carbocycles. The van der Waals surface area contributed by atoms with Gasteiger partial charge < -0.3 is 9.57 Å². The Morgan fingerprint density at radius 1 is 1.45 bits per heavy atom. The van der Waals surface area contributed by atoms with Crippen molar-refractivity contribution in [3.63, 3.8) is 0 Å². The molecule has 0 N–H and O–H groups in total. The molecule has 5 heteroatoms. The van der Waals surface area contributed by atoms with Crippen LogP contribution < -0.4 is 0 Å². The number of methoxy groups -OCH3 is 1. The standard InChI is InChI=1S/C6H11NO4/c1-10-5-3-2-4-6(5)11-7(8)9/h5-6H,2-4H2,1H3/t5-,6-/m1/s1. The molecule has 64 valence electrons. The molecule has 0 amide bonds. The molecule has 0 spiro atoms. The fourth-order valence-electron chi connectivity index (χ4n) is 1.39. The van der Waals surface area contributed by atoms with E-state index in [1.54, 1.807) is 7.11 Å². The molecule has 11 heavy (non-hydrogen) atoms. The molecule has 2 atom stereocenters.